The van der Waals surface area contributed by atoms with Gasteiger partial charge in [0.2, 0.25) is 0 Å². The number of hydrogen-bond donors (Lipinski definition) is 4. The van der Waals surface area contributed by atoms with E-state index >= 15 is 0 Å². The van der Waals surface area contributed by atoms with E-state index in [2.05, 4.69) is 10.6 Å². The summed E-state index contributed by atoms with van der Waals surface area (Å²) in [4.78, 5) is 11.8. The summed E-state index contributed by atoms with van der Waals surface area (Å²) in [6, 6.07) is 11.4. The van der Waals surface area contributed by atoms with Crippen molar-refractivity contribution in [2.45, 2.75) is 4.90 Å². The van der Waals surface area contributed by atoms with Gasteiger partial charge in [-0.2, -0.15) is 13.7 Å². The highest BCUT2D eigenvalue weighted by Gasteiger charge is 2.13. The van der Waals surface area contributed by atoms with E-state index in [1.54, 1.807) is 18.2 Å². The molecule has 8 nitrogen and oxygen atoms in total. The summed E-state index contributed by atoms with van der Waals surface area (Å²) in [7, 11) is -4.41. The fourth-order valence-electron chi connectivity index (χ4n) is 1.85. The molecule has 0 saturated carbocycles. The predicted molar refractivity (Wildman–Crippen MR) is 98.1 cm³/mol. The third-order valence-electron chi connectivity index (χ3n) is 3.14. The highest BCUT2D eigenvalue weighted by atomic mass is 35.5. The molecule has 0 unspecified atom stereocenters. The van der Waals surface area contributed by atoms with Crippen LogP contribution in [0.3, 0.4) is 0 Å². The molecule has 0 aromatic heterocycles. The van der Waals surface area contributed by atoms with Gasteiger partial charge in [0, 0.05) is 17.6 Å². The molecule has 0 spiro atoms. The monoisotopic (exact) mass is 392 g/mol. The summed E-state index contributed by atoms with van der Waals surface area (Å²) in [6.07, 6.45) is 1.17. The molecule has 0 radical (unpaired) electrons. The molecular formula is C16H13ClN4O4S. The fourth-order valence-corrected chi connectivity index (χ4v) is 2.56. The first-order chi connectivity index (χ1) is 12.2. The maximum Gasteiger partial charge on any atom is 0.294 e. The fraction of sp³-hybridized carbons (Fsp3) is 0. The molecule has 0 bridgehead atoms. The van der Waals surface area contributed by atoms with Gasteiger partial charge in [0.25, 0.3) is 16.0 Å². The van der Waals surface area contributed by atoms with Crippen LogP contribution in [0.25, 0.3) is 0 Å². The summed E-state index contributed by atoms with van der Waals surface area (Å²) in [5.41, 5.74) is 6.33. The Morgan fingerprint density at radius 3 is 2.58 bits per heavy atom. The van der Waals surface area contributed by atoms with Crippen molar-refractivity contribution in [3.8, 4) is 6.07 Å². The highest BCUT2D eigenvalue weighted by molar-refractivity contribution is 7.85. The number of anilines is 3. The number of carbonyl (C=O) groups is 1. The van der Waals surface area contributed by atoms with Gasteiger partial charge >= 0.3 is 0 Å². The average Bonchev–Trinajstić information content (AvgIpc) is 2.58. The molecule has 2 rings (SSSR count). The number of carbonyl (C=O) groups excluding carboxylic acids is 1. The lowest BCUT2D eigenvalue weighted by Crippen LogP contribution is -2.15. The summed E-state index contributed by atoms with van der Waals surface area (Å²) in [5, 5.41) is 14.6. The minimum atomic E-state index is -4.41. The zero-order valence-electron chi connectivity index (χ0n) is 13.1. The van der Waals surface area contributed by atoms with Gasteiger partial charge < -0.3 is 16.4 Å². The number of nitrogens with one attached hydrogen (secondary N) is 2. The van der Waals surface area contributed by atoms with Gasteiger partial charge in [-0.3, -0.25) is 9.35 Å². The topological polar surface area (TPSA) is 145 Å². The Bertz CT molecular complexity index is 1030. The van der Waals surface area contributed by atoms with Crippen molar-refractivity contribution >= 4 is 44.7 Å². The van der Waals surface area contributed by atoms with Crippen LogP contribution in [0.4, 0.5) is 17.1 Å². The van der Waals surface area contributed by atoms with E-state index in [0.29, 0.717) is 16.4 Å². The predicted octanol–water partition coefficient (Wildman–Crippen LogP) is 2.63. The second kappa shape index (κ2) is 7.88. The van der Waals surface area contributed by atoms with E-state index in [0.717, 1.165) is 6.07 Å². The molecule has 0 aliphatic rings. The van der Waals surface area contributed by atoms with Crippen LogP contribution in [0.1, 0.15) is 0 Å². The van der Waals surface area contributed by atoms with Gasteiger partial charge in [-0.25, -0.2) is 0 Å². The van der Waals surface area contributed by atoms with E-state index in [9.17, 15) is 13.2 Å². The minimum absolute atomic E-state index is 0.0989. The van der Waals surface area contributed by atoms with Crippen LogP contribution in [0.2, 0.25) is 5.02 Å². The van der Waals surface area contributed by atoms with E-state index in [1.807, 2.05) is 0 Å². The Labute approximate surface area is 154 Å². The lowest BCUT2D eigenvalue weighted by molar-refractivity contribution is -0.112. The highest BCUT2D eigenvalue weighted by Crippen LogP contribution is 2.22. The zero-order chi connectivity index (χ0) is 19.3. The second-order valence-electron chi connectivity index (χ2n) is 5.01. The molecule has 0 heterocycles. The van der Waals surface area contributed by atoms with Crippen molar-refractivity contribution in [3.63, 3.8) is 0 Å². The third kappa shape index (κ3) is 4.97. The molecule has 2 aromatic carbocycles. The standard InChI is InChI=1S/C16H13ClN4O4S/c17-14-7-11(4-5-15(14)19)20-9-10(8-18)16(22)21-12-2-1-3-13(6-12)26(23,24)25/h1-7,9,20H,19H2,(H,21,22)(H,23,24,25)/b10-9-. The summed E-state index contributed by atoms with van der Waals surface area (Å²) < 4.78 is 31.3. The largest absolute Gasteiger partial charge is 0.398 e. The van der Waals surface area contributed by atoms with E-state index < -0.39 is 16.0 Å². The molecule has 134 valence electrons. The summed E-state index contributed by atoms with van der Waals surface area (Å²) in [6.45, 7) is 0. The second-order valence-corrected chi connectivity index (χ2v) is 6.84. The number of halogens is 1. The van der Waals surface area contributed by atoms with Gasteiger partial charge in [-0.05, 0) is 36.4 Å². The molecule has 0 aliphatic carbocycles. The van der Waals surface area contributed by atoms with E-state index in [-0.39, 0.29) is 16.2 Å². The third-order valence-corrected chi connectivity index (χ3v) is 4.32. The van der Waals surface area contributed by atoms with Crippen molar-refractivity contribution in [2.24, 2.45) is 0 Å². The van der Waals surface area contributed by atoms with Gasteiger partial charge in [0.15, 0.2) is 0 Å². The Kier molecular flexibility index (Phi) is 5.84. The summed E-state index contributed by atoms with van der Waals surface area (Å²) in [5.74, 6) is -0.769. The zero-order valence-corrected chi connectivity index (χ0v) is 14.7. The number of hydrogen-bond acceptors (Lipinski definition) is 6. The number of amides is 1. The Hall–Kier alpha value is -3.06. The smallest absolute Gasteiger partial charge is 0.294 e. The number of nitrogens with two attached hydrogens (primary N) is 1. The lowest BCUT2D eigenvalue weighted by Gasteiger charge is -2.07. The van der Waals surface area contributed by atoms with Crippen LogP contribution in [0.15, 0.2) is 59.1 Å². The molecular weight excluding hydrogens is 380 g/mol. The van der Waals surface area contributed by atoms with Gasteiger partial charge in [-0.1, -0.05) is 17.7 Å². The van der Waals surface area contributed by atoms with Gasteiger partial charge in [-0.15, -0.1) is 0 Å². The normalized spacial score (nSPS) is 11.5. The van der Waals surface area contributed by atoms with Crippen molar-refractivity contribution in [1.82, 2.24) is 0 Å². The molecule has 0 aliphatic heterocycles. The minimum Gasteiger partial charge on any atom is -0.398 e. The molecule has 0 saturated heterocycles. The summed E-state index contributed by atoms with van der Waals surface area (Å²) >= 11 is 5.89. The van der Waals surface area contributed by atoms with Crippen molar-refractivity contribution in [2.75, 3.05) is 16.4 Å². The van der Waals surface area contributed by atoms with Crippen molar-refractivity contribution in [3.05, 3.63) is 59.3 Å². The van der Waals surface area contributed by atoms with Crippen LogP contribution in [-0.2, 0) is 14.9 Å². The molecule has 0 atom stereocenters. The SMILES string of the molecule is N#C/C(=C/Nc1ccc(N)c(Cl)c1)C(=O)Nc1cccc(S(=O)(=O)O)c1. The van der Waals surface area contributed by atoms with E-state index in [4.69, 9.17) is 27.1 Å². The Morgan fingerprint density at radius 2 is 1.96 bits per heavy atom. The Balaban J connectivity index is 2.16. The molecule has 5 N–H and O–H groups in total. The first-order valence-corrected chi connectivity index (χ1v) is 8.83. The Morgan fingerprint density at radius 1 is 1.23 bits per heavy atom. The number of nitriles is 1. The number of nitrogen functional groups attached to an aromatic ring is 1. The van der Waals surface area contributed by atoms with Gasteiger partial charge in [0.1, 0.15) is 11.6 Å². The quantitative estimate of drug-likeness (QED) is 0.265. The van der Waals surface area contributed by atoms with Crippen LogP contribution in [-0.4, -0.2) is 18.9 Å². The van der Waals surface area contributed by atoms with Crippen molar-refractivity contribution in [1.29, 1.82) is 5.26 Å². The average molecular weight is 393 g/mol. The molecule has 1 amide bonds. The van der Waals surface area contributed by atoms with Crippen LogP contribution in [0.5, 0.6) is 0 Å². The molecule has 0 fully saturated rings. The first-order valence-electron chi connectivity index (χ1n) is 7.01. The van der Waals surface area contributed by atoms with Crippen LogP contribution in [0, 0.1) is 11.3 Å². The molecule has 10 heteroatoms. The van der Waals surface area contributed by atoms with E-state index in [1.165, 1.54) is 30.5 Å². The van der Waals surface area contributed by atoms with Crippen LogP contribution < -0.4 is 16.4 Å². The number of rotatable bonds is 5. The van der Waals surface area contributed by atoms with Crippen molar-refractivity contribution < 1.29 is 17.8 Å². The van der Waals surface area contributed by atoms with Crippen LogP contribution >= 0.6 is 11.6 Å². The number of nitrogens with zero attached hydrogens (tertiary/aromatic N) is 1. The molecule has 2 aromatic rings. The maximum absolute atomic E-state index is 12.1. The maximum atomic E-state index is 12.1. The number of benzene rings is 2. The lowest BCUT2D eigenvalue weighted by atomic mass is 10.2. The molecule has 26 heavy (non-hydrogen) atoms. The first kappa shape index (κ1) is 19.3. The van der Waals surface area contributed by atoms with Gasteiger partial charge in [0.05, 0.1) is 15.6 Å².